The maximum absolute atomic E-state index is 13.2. The normalized spacial score (nSPS) is 11.5. The summed E-state index contributed by atoms with van der Waals surface area (Å²) in [5.41, 5.74) is 1.62. The minimum Gasteiger partial charge on any atom is -0.354 e. The number of H-pyrrole nitrogens is 1. The second-order valence-electron chi connectivity index (χ2n) is 2.81. The highest BCUT2D eigenvalue weighted by molar-refractivity contribution is 5.89. The third kappa shape index (κ3) is 1.33. The Bertz CT molecular complexity index is 457. The Morgan fingerprint density at radius 1 is 1.46 bits per heavy atom. The predicted molar refractivity (Wildman–Crippen MR) is 51.8 cm³/mol. The molecule has 0 aliphatic carbocycles. The van der Waals surface area contributed by atoms with Crippen LogP contribution < -0.4 is 0 Å². The number of aromatic nitrogens is 1. The summed E-state index contributed by atoms with van der Waals surface area (Å²) in [6.45, 7) is 0. The van der Waals surface area contributed by atoms with Crippen molar-refractivity contribution in [1.29, 1.82) is 0 Å². The lowest BCUT2D eigenvalue weighted by Gasteiger charge is -1.88. The first-order chi connectivity index (χ1) is 6.31. The van der Waals surface area contributed by atoms with Gasteiger partial charge in [0.1, 0.15) is 5.82 Å². The molecule has 0 spiro atoms. The zero-order valence-electron chi connectivity index (χ0n) is 7.21. The van der Waals surface area contributed by atoms with Crippen molar-refractivity contribution in [3.63, 3.8) is 0 Å². The third-order valence-corrected chi connectivity index (χ3v) is 1.90. The van der Waals surface area contributed by atoms with E-state index in [-0.39, 0.29) is 5.82 Å². The summed E-state index contributed by atoms with van der Waals surface area (Å²) in [5, 5.41) is 0.609. The predicted octanol–water partition coefficient (Wildman–Crippen LogP) is 2.36. The summed E-state index contributed by atoms with van der Waals surface area (Å²) in [4.78, 5) is 6.90. The molecule has 0 aliphatic rings. The number of benzene rings is 1. The number of rotatable bonds is 1. The lowest BCUT2D eigenvalue weighted by atomic mass is 10.2. The van der Waals surface area contributed by atoms with Gasteiger partial charge in [0.2, 0.25) is 0 Å². The summed E-state index contributed by atoms with van der Waals surface area (Å²) in [6.07, 6.45) is 1.67. The first-order valence-corrected chi connectivity index (χ1v) is 4.00. The van der Waals surface area contributed by atoms with Crippen LogP contribution in [0.15, 0.2) is 29.3 Å². The molecule has 0 saturated carbocycles. The van der Waals surface area contributed by atoms with E-state index in [2.05, 4.69) is 9.98 Å². The van der Waals surface area contributed by atoms with E-state index in [0.29, 0.717) is 5.39 Å². The lowest BCUT2D eigenvalue weighted by molar-refractivity contribution is 0.640. The highest BCUT2D eigenvalue weighted by Gasteiger charge is 2.02. The fourth-order valence-electron chi connectivity index (χ4n) is 1.35. The van der Waals surface area contributed by atoms with E-state index >= 15 is 0 Å². The van der Waals surface area contributed by atoms with E-state index in [1.54, 1.807) is 25.4 Å². The van der Waals surface area contributed by atoms with Crippen molar-refractivity contribution in [3.8, 4) is 0 Å². The topological polar surface area (TPSA) is 28.1 Å². The summed E-state index contributed by atoms with van der Waals surface area (Å²) in [7, 11) is 1.68. The van der Waals surface area contributed by atoms with Crippen LogP contribution in [0.25, 0.3) is 10.9 Å². The van der Waals surface area contributed by atoms with Crippen LogP contribution in [0, 0.1) is 5.82 Å². The summed E-state index contributed by atoms with van der Waals surface area (Å²) in [6, 6.07) is 6.72. The lowest BCUT2D eigenvalue weighted by Crippen LogP contribution is -1.76. The molecular weight excluding hydrogens is 167 g/mol. The standard InChI is InChI=1S/C10H9FN2/c1-12-6-7-5-8-9(11)3-2-4-10(8)13-7/h2-6,13H,1H3. The van der Waals surface area contributed by atoms with E-state index in [4.69, 9.17) is 0 Å². The summed E-state index contributed by atoms with van der Waals surface area (Å²) < 4.78 is 13.2. The number of nitrogens with one attached hydrogen (secondary N) is 1. The van der Waals surface area contributed by atoms with Crippen LogP contribution in [0.2, 0.25) is 0 Å². The van der Waals surface area contributed by atoms with Crippen LogP contribution in [-0.2, 0) is 0 Å². The molecule has 1 aromatic heterocycles. The van der Waals surface area contributed by atoms with Gasteiger partial charge in [-0.25, -0.2) is 4.39 Å². The van der Waals surface area contributed by atoms with Gasteiger partial charge in [-0.15, -0.1) is 0 Å². The van der Waals surface area contributed by atoms with Gasteiger partial charge in [-0.05, 0) is 18.2 Å². The molecule has 2 rings (SSSR count). The van der Waals surface area contributed by atoms with Crippen molar-refractivity contribution < 1.29 is 4.39 Å². The number of hydrogen-bond acceptors (Lipinski definition) is 1. The minimum absolute atomic E-state index is 0.204. The molecule has 1 aromatic carbocycles. The Labute approximate surface area is 75.1 Å². The SMILES string of the molecule is CN=Cc1cc2c(F)cccc2[nH]1. The second kappa shape index (κ2) is 3.01. The van der Waals surface area contributed by atoms with E-state index in [9.17, 15) is 4.39 Å². The first-order valence-electron chi connectivity index (χ1n) is 4.00. The molecule has 0 atom stereocenters. The smallest absolute Gasteiger partial charge is 0.132 e. The number of aromatic amines is 1. The largest absolute Gasteiger partial charge is 0.354 e. The van der Waals surface area contributed by atoms with Gasteiger partial charge in [0.05, 0.1) is 5.69 Å². The van der Waals surface area contributed by atoms with Crippen molar-refractivity contribution >= 4 is 17.1 Å². The third-order valence-electron chi connectivity index (χ3n) is 1.90. The number of halogens is 1. The summed E-state index contributed by atoms with van der Waals surface area (Å²) in [5.74, 6) is -0.204. The van der Waals surface area contributed by atoms with Crippen molar-refractivity contribution in [2.24, 2.45) is 4.99 Å². The molecule has 0 fully saturated rings. The fourth-order valence-corrected chi connectivity index (χ4v) is 1.35. The molecule has 66 valence electrons. The molecule has 13 heavy (non-hydrogen) atoms. The fraction of sp³-hybridized carbons (Fsp3) is 0.100. The molecule has 0 saturated heterocycles. The van der Waals surface area contributed by atoms with Gasteiger partial charge in [-0.2, -0.15) is 0 Å². The highest BCUT2D eigenvalue weighted by atomic mass is 19.1. The molecule has 0 aliphatic heterocycles. The van der Waals surface area contributed by atoms with Crippen molar-refractivity contribution in [3.05, 3.63) is 35.8 Å². The van der Waals surface area contributed by atoms with Crippen LogP contribution >= 0.6 is 0 Å². The Balaban J connectivity index is 2.68. The van der Waals surface area contributed by atoms with Crippen LogP contribution in [0.4, 0.5) is 4.39 Å². The van der Waals surface area contributed by atoms with E-state index in [0.717, 1.165) is 11.2 Å². The maximum atomic E-state index is 13.2. The van der Waals surface area contributed by atoms with Gasteiger partial charge in [0, 0.05) is 24.2 Å². The second-order valence-corrected chi connectivity index (χ2v) is 2.81. The molecule has 2 nitrogen and oxygen atoms in total. The van der Waals surface area contributed by atoms with Crippen LogP contribution in [0.3, 0.4) is 0 Å². The van der Waals surface area contributed by atoms with Gasteiger partial charge in [-0.1, -0.05) is 6.07 Å². The van der Waals surface area contributed by atoms with Crippen LogP contribution in [0.5, 0.6) is 0 Å². The molecule has 0 bridgehead atoms. The molecular formula is C10H9FN2. The minimum atomic E-state index is -0.204. The van der Waals surface area contributed by atoms with Gasteiger partial charge >= 0.3 is 0 Å². The monoisotopic (exact) mass is 176 g/mol. The van der Waals surface area contributed by atoms with Gasteiger partial charge in [-0.3, -0.25) is 4.99 Å². The zero-order valence-corrected chi connectivity index (χ0v) is 7.21. The van der Waals surface area contributed by atoms with Gasteiger partial charge in [0.25, 0.3) is 0 Å². The molecule has 0 unspecified atom stereocenters. The molecule has 0 radical (unpaired) electrons. The van der Waals surface area contributed by atoms with Gasteiger partial charge in [0.15, 0.2) is 0 Å². The van der Waals surface area contributed by atoms with E-state index in [1.165, 1.54) is 6.07 Å². The van der Waals surface area contributed by atoms with Crippen molar-refractivity contribution in [2.45, 2.75) is 0 Å². The summed E-state index contributed by atoms with van der Waals surface area (Å²) >= 11 is 0. The van der Waals surface area contributed by atoms with E-state index in [1.807, 2.05) is 6.07 Å². The van der Waals surface area contributed by atoms with Crippen molar-refractivity contribution in [2.75, 3.05) is 7.05 Å². The zero-order chi connectivity index (χ0) is 9.26. The Morgan fingerprint density at radius 3 is 3.00 bits per heavy atom. The molecule has 1 N–H and O–H groups in total. The first kappa shape index (κ1) is 7.98. The molecule has 1 heterocycles. The Hall–Kier alpha value is -1.64. The molecule has 3 heteroatoms. The Kier molecular flexibility index (Phi) is 1.85. The highest BCUT2D eigenvalue weighted by Crippen LogP contribution is 2.17. The van der Waals surface area contributed by atoms with E-state index < -0.39 is 0 Å². The average molecular weight is 176 g/mol. The number of fused-ring (bicyclic) bond motifs is 1. The number of nitrogens with zero attached hydrogens (tertiary/aromatic N) is 1. The maximum Gasteiger partial charge on any atom is 0.132 e. The van der Waals surface area contributed by atoms with Crippen LogP contribution in [0.1, 0.15) is 5.69 Å². The Morgan fingerprint density at radius 2 is 2.31 bits per heavy atom. The quantitative estimate of drug-likeness (QED) is 0.646. The average Bonchev–Trinajstić information content (AvgIpc) is 2.49. The molecule has 0 amide bonds. The van der Waals surface area contributed by atoms with Crippen molar-refractivity contribution in [1.82, 2.24) is 4.98 Å². The van der Waals surface area contributed by atoms with Gasteiger partial charge < -0.3 is 4.98 Å². The number of aliphatic imine (C=N–C) groups is 1. The number of hydrogen-bond donors (Lipinski definition) is 1. The molecule has 2 aromatic rings. The van der Waals surface area contributed by atoms with Crippen LogP contribution in [-0.4, -0.2) is 18.2 Å².